The highest BCUT2D eigenvalue weighted by molar-refractivity contribution is 5.78. The number of benzene rings is 3. The van der Waals surface area contributed by atoms with Crippen LogP contribution in [-0.2, 0) is 24.1 Å². The van der Waals surface area contributed by atoms with Crippen LogP contribution in [0.15, 0.2) is 79.1 Å². The Balaban J connectivity index is 1.55. The Bertz CT molecular complexity index is 1650. The predicted molar refractivity (Wildman–Crippen MR) is 161 cm³/mol. The molecule has 1 fully saturated rings. The number of hydrogen-bond acceptors (Lipinski definition) is 4. The van der Waals surface area contributed by atoms with Crippen LogP contribution >= 0.6 is 0 Å². The average Bonchev–Trinajstić information content (AvgIpc) is 3.00. The first-order chi connectivity index (χ1) is 21.1. The zero-order chi connectivity index (χ0) is 31.3. The van der Waals surface area contributed by atoms with Crippen molar-refractivity contribution < 1.29 is 32.2 Å². The van der Waals surface area contributed by atoms with Crippen LogP contribution in [0, 0.1) is 12.7 Å². The average molecular weight is 605 g/mol. The van der Waals surface area contributed by atoms with Gasteiger partial charge < -0.3 is 9.84 Å². The van der Waals surface area contributed by atoms with Crippen LogP contribution in [0.2, 0.25) is 0 Å². The Hall–Kier alpha value is -4.50. The van der Waals surface area contributed by atoms with Gasteiger partial charge >= 0.3 is 12.1 Å². The van der Waals surface area contributed by atoms with E-state index in [2.05, 4.69) is 4.98 Å². The molecule has 1 unspecified atom stereocenters. The predicted octanol–water partition coefficient (Wildman–Crippen LogP) is 8.40. The molecule has 0 spiro atoms. The van der Waals surface area contributed by atoms with Crippen molar-refractivity contribution in [3.63, 3.8) is 0 Å². The number of ether oxygens (including phenoxy) is 1. The van der Waals surface area contributed by atoms with E-state index in [4.69, 9.17) is 4.74 Å². The standard InChI is InChI=1S/C35H32F4N2O3/c1-23-25(10-7-11-30(23)26-8-3-2-4-9-26)13-14-27-18-33(44-22-24-16-29(36)20-40-19-24)28(17-31(27)35(37,38)39)21-41-15-6-5-12-32(41)34(42)43/h2-4,7-11,13-14,16-20,32H,5-6,12,15,21-22H2,1H3,(H,42,43). The summed E-state index contributed by atoms with van der Waals surface area (Å²) >= 11 is 0. The normalized spacial score (nSPS) is 15.9. The quantitative estimate of drug-likeness (QED) is 0.154. The van der Waals surface area contributed by atoms with Crippen LogP contribution < -0.4 is 4.74 Å². The van der Waals surface area contributed by atoms with Gasteiger partial charge in [0.15, 0.2) is 0 Å². The molecule has 5 nitrogen and oxygen atoms in total. The molecule has 1 aliphatic heterocycles. The van der Waals surface area contributed by atoms with E-state index in [1.54, 1.807) is 11.0 Å². The number of nitrogens with zero attached hydrogens (tertiary/aromatic N) is 2. The topological polar surface area (TPSA) is 62.7 Å². The van der Waals surface area contributed by atoms with Crippen LogP contribution in [0.4, 0.5) is 17.6 Å². The molecule has 228 valence electrons. The summed E-state index contributed by atoms with van der Waals surface area (Å²) in [5.74, 6) is -1.42. The maximum absolute atomic E-state index is 14.5. The second-order valence-electron chi connectivity index (χ2n) is 10.9. The minimum atomic E-state index is -4.69. The summed E-state index contributed by atoms with van der Waals surface area (Å²) < 4.78 is 63.3. The summed E-state index contributed by atoms with van der Waals surface area (Å²) in [6.07, 6.45) is 2.73. The molecule has 5 rings (SSSR count). The highest BCUT2D eigenvalue weighted by Crippen LogP contribution is 2.38. The molecule has 3 aromatic carbocycles. The van der Waals surface area contributed by atoms with Crippen LogP contribution in [0.25, 0.3) is 23.3 Å². The number of carbonyl (C=O) groups is 1. The number of alkyl halides is 3. The Morgan fingerprint density at radius 2 is 1.80 bits per heavy atom. The zero-order valence-electron chi connectivity index (χ0n) is 24.2. The monoisotopic (exact) mass is 604 g/mol. The second-order valence-corrected chi connectivity index (χ2v) is 10.9. The van der Waals surface area contributed by atoms with Crippen LogP contribution in [-0.4, -0.2) is 33.5 Å². The molecule has 0 saturated carbocycles. The highest BCUT2D eigenvalue weighted by Gasteiger charge is 2.35. The fraction of sp³-hybridized carbons (Fsp3) is 0.257. The lowest BCUT2D eigenvalue weighted by molar-refractivity contribution is -0.145. The van der Waals surface area contributed by atoms with E-state index < -0.39 is 29.6 Å². The van der Waals surface area contributed by atoms with Crippen LogP contribution in [0.3, 0.4) is 0 Å². The van der Waals surface area contributed by atoms with Gasteiger partial charge in [-0.25, -0.2) is 4.39 Å². The van der Waals surface area contributed by atoms with Gasteiger partial charge in [0.05, 0.1) is 11.8 Å². The molecule has 1 N–H and O–H groups in total. The molecule has 9 heteroatoms. The van der Waals surface area contributed by atoms with Gasteiger partial charge in [0, 0.05) is 23.9 Å². The van der Waals surface area contributed by atoms with E-state index in [1.807, 2.05) is 55.5 Å². The number of halogens is 4. The number of aromatic nitrogens is 1. The zero-order valence-corrected chi connectivity index (χ0v) is 24.2. The lowest BCUT2D eigenvalue weighted by Gasteiger charge is -2.33. The molecule has 1 aliphatic rings. The van der Waals surface area contributed by atoms with Crippen LogP contribution in [0.1, 0.15) is 52.6 Å². The van der Waals surface area contributed by atoms with Crippen molar-refractivity contribution in [2.24, 2.45) is 0 Å². The number of likely N-dealkylation sites (tertiary alicyclic amines) is 1. The van der Waals surface area contributed by atoms with Gasteiger partial charge in [-0.15, -0.1) is 0 Å². The molecule has 44 heavy (non-hydrogen) atoms. The molecular weight excluding hydrogens is 572 g/mol. The number of rotatable bonds is 9. The molecule has 0 bridgehead atoms. The molecule has 0 aliphatic carbocycles. The third-order valence-corrected chi connectivity index (χ3v) is 7.87. The van der Waals surface area contributed by atoms with Crippen molar-refractivity contribution >= 4 is 18.1 Å². The number of hydrogen-bond donors (Lipinski definition) is 1. The van der Waals surface area contributed by atoms with Gasteiger partial charge in [0.25, 0.3) is 0 Å². The summed E-state index contributed by atoms with van der Waals surface area (Å²) in [5, 5.41) is 9.75. The maximum Gasteiger partial charge on any atom is 0.417 e. The number of pyridine rings is 1. The maximum atomic E-state index is 14.5. The third-order valence-electron chi connectivity index (χ3n) is 7.87. The van der Waals surface area contributed by atoms with Crippen molar-refractivity contribution in [3.8, 4) is 16.9 Å². The van der Waals surface area contributed by atoms with Gasteiger partial charge in [-0.2, -0.15) is 13.2 Å². The van der Waals surface area contributed by atoms with Crippen LogP contribution in [0.5, 0.6) is 5.75 Å². The van der Waals surface area contributed by atoms with Crippen molar-refractivity contribution in [1.82, 2.24) is 9.88 Å². The van der Waals surface area contributed by atoms with Gasteiger partial charge in [-0.3, -0.25) is 14.7 Å². The first kappa shape index (κ1) is 30.9. The molecule has 2 heterocycles. The molecule has 0 amide bonds. The summed E-state index contributed by atoms with van der Waals surface area (Å²) in [6.45, 7) is 2.19. The summed E-state index contributed by atoms with van der Waals surface area (Å²) in [6, 6.07) is 18.2. The lowest BCUT2D eigenvalue weighted by atomic mass is 9.95. The fourth-order valence-corrected chi connectivity index (χ4v) is 5.60. The first-order valence-corrected chi connectivity index (χ1v) is 14.4. The Labute approximate surface area is 253 Å². The van der Waals surface area contributed by atoms with Gasteiger partial charge in [-0.05, 0) is 72.3 Å². The summed E-state index contributed by atoms with van der Waals surface area (Å²) in [5.41, 5.74) is 3.30. The number of carboxylic acids is 1. The van der Waals surface area contributed by atoms with E-state index in [-0.39, 0.29) is 30.0 Å². The molecule has 0 radical (unpaired) electrons. The van der Waals surface area contributed by atoms with E-state index in [0.717, 1.165) is 47.4 Å². The Kier molecular flexibility index (Phi) is 9.44. The molecule has 1 aromatic heterocycles. The number of carboxylic acid groups (broad SMARTS) is 1. The van der Waals surface area contributed by atoms with Crippen molar-refractivity contribution in [2.45, 2.75) is 51.6 Å². The van der Waals surface area contributed by atoms with Crippen molar-refractivity contribution in [1.29, 1.82) is 0 Å². The molecule has 1 atom stereocenters. The minimum absolute atomic E-state index is 0.0427. The third kappa shape index (κ3) is 7.34. The largest absolute Gasteiger partial charge is 0.488 e. The lowest BCUT2D eigenvalue weighted by Crippen LogP contribution is -2.44. The second kappa shape index (κ2) is 13.4. The highest BCUT2D eigenvalue weighted by atomic mass is 19.4. The summed E-state index contributed by atoms with van der Waals surface area (Å²) in [4.78, 5) is 17.4. The number of aliphatic carboxylic acids is 1. The smallest absolute Gasteiger partial charge is 0.417 e. The van der Waals surface area contributed by atoms with Gasteiger partial charge in [-0.1, -0.05) is 67.1 Å². The van der Waals surface area contributed by atoms with E-state index in [0.29, 0.717) is 18.5 Å². The fourth-order valence-electron chi connectivity index (χ4n) is 5.60. The Morgan fingerprint density at radius 3 is 2.52 bits per heavy atom. The Morgan fingerprint density at radius 1 is 1.02 bits per heavy atom. The van der Waals surface area contributed by atoms with Crippen molar-refractivity contribution in [3.05, 3.63) is 118 Å². The van der Waals surface area contributed by atoms with Gasteiger partial charge in [0.1, 0.15) is 24.2 Å². The first-order valence-electron chi connectivity index (χ1n) is 14.4. The minimum Gasteiger partial charge on any atom is -0.488 e. The SMILES string of the molecule is Cc1c(C=Cc2cc(OCc3cncc(F)c3)c(CN3CCCCC3C(=O)O)cc2C(F)(F)F)cccc1-c1ccccc1. The molecule has 1 saturated heterocycles. The van der Waals surface area contributed by atoms with E-state index in [1.165, 1.54) is 24.4 Å². The van der Waals surface area contributed by atoms with Crippen molar-refractivity contribution in [2.75, 3.05) is 6.54 Å². The molecule has 4 aromatic rings. The molecular formula is C35H32F4N2O3. The van der Waals surface area contributed by atoms with E-state index >= 15 is 0 Å². The number of piperidine rings is 1. The van der Waals surface area contributed by atoms with E-state index in [9.17, 15) is 27.5 Å². The van der Waals surface area contributed by atoms with Gasteiger partial charge in [0.2, 0.25) is 0 Å². The summed E-state index contributed by atoms with van der Waals surface area (Å²) in [7, 11) is 0.